The smallest absolute Gasteiger partial charge is 0.273 e. The Kier molecular flexibility index (Phi) is 5.37. The topological polar surface area (TPSA) is 100 Å². The minimum atomic E-state index is -0.568. The lowest BCUT2D eigenvalue weighted by Crippen LogP contribution is -2.46. The zero-order chi connectivity index (χ0) is 16.8. The number of benzene rings is 1. The molecular formula is C15H14ClN3O4. The molecule has 0 fully saturated rings. The number of rotatable bonds is 4. The summed E-state index contributed by atoms with van der Waals surface area (Å²) < 4.78 is 4.99. The van der Waals surface area contributed by atoms with Crippen LogP contribution < -0.4 is 16.2 Å². The quantitative estimate of drug-likeness (QED) is 0.736. The molecule has 0 spiro atoms. The van der Waals surface area contributed by atoms with Crippen LogP contribution in [0.3, 0.4) is 0 Å². The van der Waals surface area contributed by atoms with E-state index in [1.807, 2.05) is 0 Å². The molecule has 0 aliphatic heterocycles. The van der Waals surface area contributed by atoms with Crippen molar-refractivity contribution < 1.29 is 18.8 Å². The summed E-state index contributed by atoms with van der Waals surface area (Å²) in [5.41, 5.74) is 5.12. The van der Waals surface area contributed by atoms with Crippen LogP contribution in [0.5, 0.6) is 0 Å². The SMILES string of the molecule is Cc1occc1C(=O)NNC(=O)CNC(=O)c1ccc(Cl)cc1. The largest absolute Gasteiger partial charge is 0.469 e. The van der Waals surface area contributed by atoms with Gasteiger partial charge in [-0.3, -0.25) is 25.2 Å². The van der Waals surface area contributed by atoms with E-state index in [0.29, 0.717) is 21.9 Å². The second-order valence-corrected chi connectivity index (χ2v) is 5.02. The highest BCUT2D eigenvalue weighted by molar-refractivity contribution is 6.30. The van der Waals surface area contributed by atoms with Gasteiger partial charge in [-0.25, -0.2) is 0 Å². The van der Waals surface area contributed by atoms with Crippen LogP contribution in [0.25, 0.3) is 0 Å². The molecule has 8 heteroatoms. The van der Waals surface area contributed by atoms with Crippen LogP contribution in [0.15, 0.2) is 41.0 Å². The normalized spacial score (nSPS) is 10.0. The van der Waals surface area contributed by atoms with Crippen LogP contribution in [0, 0.1) is 6.92 Å². The number of hydrogen-bond acceptors (Lipinski definition) is 4. The lowest BCUT2D eigenvalue weighted by atomic mass is 10.2. The van der Waals surface area contributed by atoms with Gasteiger partial charge in [0.15, 0.2) is 0 Å². The maximum Gasteiger partial charge on any atom is 0.273 e. The van der Waals surface area contributed by atoms with E-state index in [1.54, 1.807) is 31.2 Å². The lowest BCUT2D eigenvalue weighted by Gasteiger charge is -2.08. The molecule has 7 nitrogen and oxygen atoms in total. The summed E-state index contributed by atoms with van der Waals surface area (Å²) in [6, 6.07) is 7.71. The van der Waals surface area contributed by atoms with E-state index in [1.165, 1.54) is 12.3 Å². The fraction of sp³-hybridized carbons (Fsp3) is 0.133. The molecule has 0 unspecified atom stereocenters. The van der Waals surface area contributed by atoms with Crippen LogP contribution in [0.2, 0.25) is 5.02 Å². The Morgan fingerprint density at radius 1 is 1.04 bits per heavy atom. The Labute approximate surface area is 137 Å². The number of amides is 3. The van der Waals surface area contributed by atoms with Gasteiger partial charge in [-0.2, -0.15) is 0 Å². The first-order chi connectivity index (χ1) is 11.0. The number of carbonyl (C=O) groups excluding carboxylic acids is 3. The molecule has 0 saturated heterocycles. The van der Waals surface area contributed by atoms with Gasteiger partial charge in [0, 0.05) is 10.6 Å². The van der Waals surface area contributed by atoms with Crippen LogP contribution in [0.4, 0.5) is 0 Å². The Bertz CT molecular complexity index is 725. The van der Waals surface area contributed by atoms with E-state index in [0.717, 1.165) is 0 Å². The van der Waals surface area contributed by atoms with Crippen LogP contribution >= 0.6 is 11.6 Å². The third-order valence-corrected chi connectivity index (χ3v) is 3.19. The highest BCUT2D eigenvalue weighted by Gasteiger charge is 2.13. The number of carbonyl (C=O) groups is 3. The third kappa shape index (κ3) is 4.58. The number of aryl methyl sites for hydroxylation is 1. The fourth-order valence-electron chi connectivity index (χ4n) is 1.72. The number of hydrogen-bond donors (Lipinski definition) is 3. The summed E-state index contributed by atoms with van der Waals surface area (Å²) in [6.07, 6.45) is 1.37. The Balaban J connectivity index is 1.77. The Morgan fingerprint density at radius 2 is 1.74 bits per heavy atom. The molecule has 23 heavy (non-hydrogen) atoms. The highest BCUT2D eigenvalue weighted by Crippen LogP contribution is 2.09. The number of furan rings is 1. The molecule has 120 valence electrons. The standard InChI is InChI=1S/C15H14ClN3O4/c1-9-12(6-7-23-9)15(22)19-18-13(20)8-17-14(21)10-2-4-11(16)5-3-10/h2-7H,8H2,1H3,(H,17,21)(H,18,20)(H,19,22). The average Bonchev–Trinajstić information content (AvgIpc) is 2.97. The summed E-state index contributed by atoms with van der Waals surface area (Å²) in [6.45, 7) is 1.34. The van der Waals surface area contributed by atoms with Gasteiger partial charge in [0.2, 0.25) is 0 Å². The minimum absolute atomic E-state index is 0.286. The van der Waals surface area contributed by atoms with Crippen molar-refractivity contribution in [2.24, 2.45) is 0 Å². The van der Waals surface area contributed by atoms with Crippen LogP contribution in [-0.2, 0) is 4.79 Å². The van der Waals surface area contributed by atoms with E-state index in [4.69, 9.17) is 16.0 Å². The number of hydrazine groups is 1. The second kappa shape index (κ2) is 7.46. The lowest BCUT2D eigenvalue weighted by molar-refractivity contribution is -0.120. The van der Waals surface area contributed by atoms with Crippen molar-refractivity contribution in [3.63, 3.8) is 0 Å². The maximum absolute atomic E-state index is 11.8. The monoisotopic (exact) mass is 335 g/mol. The van der Waals surface area contributed by atoms with Gasteiger partial charge in [-0.1, -0.05) is 11.6 Å². The molecule has 0 bridgehead atoms. The van der Waals surface area contributed by atoms with Crippen molar-refractivity contribution in [3.05, 3.63) is 58.5 Å². The van der Waals surface area contributed by atoms with Crippen molar-refractivity contribution in [3.8, 4) is 0 Å². The zero-order valence-corrected chi connectivity index (χ0v) is 12.9. The van der Waals surface area contributed by atoms with Gasteiger partial charge in [0.05, 0.1) is 18.4 Å². The van der Waals surface area contributed by atoms with Gasteiger partial charge in [0.25, 0.3) is 17.7 Å². The minimum Gasteiger partial charge on any atom is -0.469 e. The molecular weight excluding hydrogens is 322 g/mol. The zero-order valence-electron chi connectivity index (χ0n) is 12.2. The molecule has 0 aliphatic rings. The van der Waals surface area contributed by atoms with E-state index in [-0.39, 0.29) is 6.54 Å². The summed E-state index contributed by atoms with van der Waals surface area (Å²) in [4.78, 5) is 35.1. The van der Waals surface area contributed by atoms with Gasteiger partial charge >= 0.3 is 0 Å². The Morgan fingerprint density at radius 3 is 2.35 bits per heavy atom. The van der Waals surface area contributed by atoms with E-state index in [2.05, 4.69) is 16.2 Å². The predicted octanol–water partition coefficient (Wildman–Crippen LogP) is 1.43. The first-order valence-electron chi connectivity index (χ1n) is 6.64. The van der Waals surface area contributed by atoms with Gasteiger partial charge in [-0.05, 0) is 37.3 Å². The highest BCUT2D eigenvalue weighted by atomic mass is 35.5. The molecule has 0 radical (unpaired) electrons. The summed E-state index contributed by atoms with van der Waals surface area (Å²) in [7, 11) is 0. The third-order valence-electron chi connectivity index (χ3n) is 2.93. The van der Waals surface area contributed by atoms with Crippen LogP contribution in [0.1, 0.15) is 26.5 Å². The molecule has 3 amide bonds. The second-order valence-electron chi connectivity index (χ2n) is 4.58. The molecule has 0 atom stereocenters. The molecule has 1 heterocycles. The van der Waals surface area contributed by atoms with Gasteiger partial charge in [0.1, 0.15) is 5.76 Å². The van der Waals surface area contributed by atoms with Crippen molar-refractivity contribution in [1.29, 1.82) is 0 Å². The summed E-state index contributed by atoms with van der Waals surface area (Å²) in [5.74, 6) is -1.06. The first kappa shape index (κ1) is 16.6. The fourth-order valence-corrected chi connectivity index (χ4v) is 1.85. The van der Waals surface area contributed by atoms with Crippen molar-refractivity contribution >= 4 is 29.3 Å². The number of nitrogens with one attached hydrogen (secondary N) is 3. The maximum atomic E-state index is 11.8. The Hall–Kier alpha value is -2.80. The van der Waals surface area contributed by atoms with Crippen LogP contribution in [-0.4, -0.2) is 24.3 Å². The van der Waals surface area contributed by atoms with Crippen molar-refractivity contribution in [2.75, 3.05) is 6.54 Å². The van der Waals surface area contributed by atoms with E-state index >= 15 is 0 Å². The molecule has 2 aromatic rings. The summed E-state index contributed by atoms with van der Waals surface area (Å²) in [5, 5.41) is 2.93. The molecule has 2 rings (SSSR count). The van der Waals surface area contributed by atoms with Crippen molar-refractivity contribution in [1.82, 2.24) is 16.2 Å². The number of halogens is 1. The molecule has 0 saturated carbocycles. The average molecular weight is 336 g/mol. The van der Waals surface area contributed by atoms with Crippen molar-refractivity contribution in [2.45, 2.75) is 6.92 Å². The molecule has 1 aromatic carbocycles. The van der Waals surface area contributed by atoms with E-state index in [9.17, 15) is 14.4 Å². The molecule has 1 aromatic heterocycles. The molecule has 0 aliphatic carbocycles. The predicted molar refractivity (Wildman–Crippen MR) is 82.8 cm³/mol. The van der Waals surface area contributed by atoms with Gasteiger partial charge in [-0.15, -0.1) is 0 Å². The molecule has 3 N–H and O–H groups in total. The first-order valence-corrected chi connectivity index (χ1v) is 7.02. The summed E-state index contributed by atoms with van der Waals surface area (Å²) >= 11 is 5.73. The van der Waals surface area contributed by atoms with E-state index < -0.39 is 17.7 Å². The van der Waals surface area contributed by atoms with Gasteiger partial charge < -0.3 is 9.73 Å².